The third kappa shape index (κ3) is 8.52. The summed E-state index contributed by atoms with van der Waals surface area (Å²) in [5.41, 5.74) is 5.21. The van der Waals surface area contributed by atoms with Crippen LogP contribution in [0.4, 0.5) is 0 Å². The average molecular weight is 243 g/mol. The third-order valence-electron chi connectivity index (χ3n) is 1.35. The van der Waals surface area contributed by atoms with Gasteiger partial charge in [-0.15, -0.1) is 0 Å². The molecule has 0 amide bonds. The Morgan fingerprint density at radius 3 is 2.50 bits per heavy atom. The topological polar surface area (TPSA) is 121 Å². The minimum absolute atomic E-state index is 0.164. The van der Waals surface area contributed by atoms with Crippen molar-refractivity contribution >= 4 is 25.3 Å². The Morgan fingerprint density at radius 1 is 1.50 bits per heavy atom. The lowest BCUT2D eigenvalue weighted by Gasteiger charge is -2.06. The molecule has 0 fully saturated rings. The predicted octanol–water partition coefficient (Wildman–Crippen LogP) is -0.301. The summed E-state index contributed by atoms with van der Waals surface area (Å²) in [5, 5.41) is 8.40. The van der Waals surface area contributed by atoms with E-state index in [2.05, 4.69) is 0 Å². The van der Waals surface area contributed by atoms with E-state index < -0.39 is 19.6 Å². The monoisotopic (exact) mass is 243 g/mol. The molecule has 1 atom stereocenters. The Balaban J connectivity index is 3.39. The van der Waals surface area contributed by atoms with Crippen LogP contribution in [0, 0.1) is 0 Å². The van der Waals surface area contributed by atoms with Crippen LogP contribution in [0.25, 0.3) is 0 Å². The molecule has 0 radical (unpaired) electrons. The quantitative estimate of drug-likeness (QED) is 0.357. The standard InChI is InChI=1S/C6H14NO5PS/c7-5(6(8)9)4-14-3-1-2-13(10,11)12/h5H,1-4,7H2,(H,8,9)(H2,10,11,12)/t5-/m0/s1. The zero-order chi connectivity index (χ0) is 11.2. The summed E-state index contributed by atoms with van der Waals surface area (Å²) in [6.45, 7) is 0. The van der Waals surface area contributed by atoms with Crippen LogP contribution in [0.15, 0.2) is 0 Å². The van der Waals surface area contributed by atoms with Gasteiger partial charge in [-0.3, -0.25) is 9.36 Å². The molecule has 0 saturated carbocycles. The normalized spacial score (nSPS) is 13.9. The first-order valence-corrected chi connectivity index (χ1v) is 6.89. The van der Waals surface area contributed by atoms with Gasteiger partial charge in [-0.2, -0.15) is 11.8 Å². The van der Waals surface area contributed by atoms with Gasteiger partial charge in [0.2, 0.25) is 0 Å². The zero-order valence-corrected chi connectivity index (χ0v) is 9.21. The van der Waals surface area contributed by atoms with Crippen molar-refractivity contribution in [3.63, 3.8) is 0 Å². The SMILES string of the molecule is N[C@@H](CSCCCP(=O)(O)O)C(=O)O. The van der Waals surface area contributed by atoms with Crippen LogP contribution < -0.4 is 5.73 Å². The molecular formula is C6H14NO5PS. The van der Waals surface area contributed by atoms with Gasteiger partial charge in [-0.05, 0) is 12.2 Å². The van der Waals surface area contributed by atoms with Crippen LogP contribution in [0.5, 0.6) is 0 Å². The molecule has 0 unspecified atom stereocenters. The van der Waals surface area contributed by atoms with Gasteiger partial charge in [-0.25, -0.2) is 0 Å². The van der Waals surface area contributed by atoms with Crippen molar-refractivity contribution in [2.45, 2.75) is 12.5 Å². The van der Waals surface area contributed by atoms with Crippen LogP contribution in [0.3, 0.4) is 0 Å². The first-order chi connectivity index (χ1) is 6.33. The van der Waals surface area contributed by atoms with Gasteiger partial charge in [0.05, 0.1) is 6.16 Å². The lowest BCUT2D eigenvalue weighted by molar-refractivity contribution is -0.137. The van der Waals surface area contributed by atoms with Crippen molar-refractivity contribution < 1.29 is 24.3 Å². The summed E-state index contributed by atoms with van der Waals surface area (Å²) < 4.78 is 10.4. The first-order valence-electron chi connectivity index (χ1n) is 3.93. The molecule has 0 aromatic carbocycles. The van der Waals surface area contributed by atoms with Crippen molar-refractivity contribution in [2.75, 3.05) is 17.7 Å². The molecule has 6 nitrogen and oxygen atoms in total. The van der Waals surface area contributed by atoms with Crippen LogP contribution in [-0.2, 0) is 9.36 Å². The second-order valence-electron chi connectivity index (χ2n) is 2.76. The lowest BCUT2D eigenvalue weighted by Crippen LogP contribution is -2.32. The molecule has 0 bridgehead atoms. The molecule has 0 aromatic rings. The molecule has 0 aliphatic carbocycles. The fraction of sp³-hybridized carbons (Fsp3) is 0.833. The highest BCUT2D eigenvalue weighted by atomic mass is 32.2. The van der Waals surface area contributed by atoms with Gasteiger partial charge in [-0.1, -0.05) is 0 Å². The Morgan fingerprint density at radius 2 is 2.07 bits per heavy atom. The summed E-state index contributed by atoms with van der Waals surface area (Å²) in [7, 11) is -3.91. The molecular weight excluding hydrogens is 229 g/mol. The fourth-order valence-corrected chi connectivity index (χ4v) is 2.35. The van der Waals surface area contributed by atoms with Crippen LogP contribution >= 0.6 is 19.4 Å². The van der Waals surface area contributed by atoms with E-state index in [9.17, 15) is 9.36 Å². The Bertz CT molecular complexity index is 230. The van der Waals surface area contributed by atoms with E-state index in [-0.39, 0.29) is 11.9 Å². The van der Waals surface area contributed by atoms with Crippen LogP contribution in [0.2, 0.25) is 0 Å². The van der Waals surface area contributed by atoms with E-state index in [0.717, 1.165) is 0 Å². The molecule has 5 N–H and O–H groups in total. The Hall–Kier alpha value is -0.0700. The Kier molecular flexibility index (Phi) is 6.39. The maximum Gasteiger partial charge on any atom is 0.325 e. The smallest absolute Gasteiger partial charge is 0.325 e. The lowest BCUT2D eigenvalue weighted by atomic mass is 10.4. The largest absolute Gasteiger partial charge is 0.480 e. The van der Waals surface area contributed by atoms with Gasteiger partial charge in [0.1, 0.15) is 6.04 Å². The van der Waals surface area contributed by atoms with Gasteiger partial charge in [0, 0.05) is 5.75 Å². The highest BCUT2D eigenvalue weighted by molar-refractivity contribution is 7.99. The van der Waals surface area contributed by atoms with Crippen molar-refractivity contribution in [1.82, 2.24) is 0 Å². The Labute approximate surface area is 86.0 Å². The van der Waals surface area contributed by atoms with Crippen LogP contribution in [0.1, 0.15) is 6.42 Å². The maximum absolute atomic E-state index is 10.4. The molecule has 14 heavy (non-hydrogen) atoms. The number of carbonyl (C=O) groups is 1. The van der Waals surface area contributed by atoms with E-state index in [1.165, 1.54) is 11.8 Å². The van der Waals surface area contributed by atoms with E-state index in [0.29, 0.717) is 12.2 Å². The molecule has 0 aliphatic heterocycles. The second kappa shape index (κ2) is 6.42. The molecule has 0 aromatic heterocycles. The predicted molar refractivity (Wildman–Crippen MR) is 54.5 cm³/mol. The van der Waals surface area contributed by atoms with Crippen molar-refractivity contribution in [2.24, 2.45) is 5.73 Å². The van der Waals surface area contributed by atoms with E-state index >= 15 is 0 Å². The van der Waals surface area contributed by atoms with Crippen molar-refractivity contribution in [3.05, 3.63) is 0 Å². The number of hydrogen-bond acceptors (Lipinski definition) is 4. The van der Waals surface area contributed by atoms with E-state index in [4.69, 9.17) is 20.6 Å². The summed E-state index contributed by atoms with van der Waals surface area (Å²) in [6.07, 6.45) is 0.198. The van der Waals surface area contributed by atoms with Gasteiger partial charge >= 0.3 is 13.6 Å². The first kappa shape index (κ1) is 13.9. The second-order valence-corrected chi connectivity index (χ2v) is 5.69. The molecule has 84 valence electrons. The van der Waals surface area contributed by atoms with Crippen molar-refractivity contribution in [1.29, 1.82) is 0 Å². The third-order valence-corrected chi connectivity index (χ3v) is 3.42. The van der Waals surface area contributed by atoms with Gasteiger partial charge in [0.25, 0.3) is 0 Å². The van der Waals surface area contributed by atoms with Crippen molar-refractivity contribution in [3.8, 4) is 0 Å². The molecule has 0 aliphatic rings. The van der Waals surface area contributed by atoms with E-state index in [1.54, 1.807) is 0 Å². The summed E-state index contributed by atoms with van der Waals surface area (Å²) in [4.78, 5) is 27.3. The summed E-state index contributed by atoms with van der Waals surface area (Å²) >= 11 is 1.28. The van der Waals surface area contributed by atoms with Crippen LogP contribution in [-0.4, -0.2) is 44.6 Å². The number of carboxylic acid groups (broad SMARTS) is 1. The maximum atomic E-state index is 10.4. The molecule has 0 rings (SSSR count). The summed E-state index contributed by atoms with van der Waals surface area (Å²) in [5.74, 6) is -0.296. The van der Waals surface area contributed by atoms with E-state index in [1.807, 2.05) is 0 Å². The fourth-order valence-electron chi connectivity index (χ4n) is 0.654. The molecule has 8 heteroatoms. The number of nitrogens with two attached hydrogens (primary N) is 1. The minimum Gasteiger partial charge on any atom is -0.480 e. The van der Waals surface area contributed by atoms with Gasteiger partial charge < -0.3 is 20.6 Å². The summed E-state index contributed by atoms with van der Waals surface area (Å²) in [6, 6.07) is -0.907. The molecule has 0 heterocycles. The number of hydrogen-bond donors (Lipinski definition) is 4. The number of carboxylic acids is 1. The number of rotatable bonds is 7. The molecule has 0 spiro atoms. The average Bonchev–Trinajstić information content (AvgIpc) is 2.01. The zero-order valence-electron chi connectivity index (χ0n) is 7.50. The molecule has 0 saturated heterocycles. The number of thioether (sulfide) groups is 1. The highest BCUT2D eigenvalue weighted by Gasteiger charge is 2.13. The number of aliphatic carboxylic acids is 1. The van der Waals surface area contributed by atoms with Gasteiger partial charge in [0.15, 0.2) is 0 Å². The highest BCUT2D eigenvalue weighted by Crippen LogP contribution is 2.35. The minimum atomic E-state index is -3.91.